The smallest absolute Gasteiger partial charge is 0.371 e. The van der Waals surface area contributed by atoms with Gasteiger partial charge in [-0.25, -0.2) is 4.79 Å². The zero-order valence-electron chi connectivity index (χ0n) is 9.45. The molecule has 3 nitrogen and oxygen atoms in total. The maximum atomic E-state index is 10.8. The lowest BCUT2D eigenvalue weighted by atomic mass is 9.92. The molecule has 1 aromatic rings. The minimum absolute atomic E-state index is 0.0642. The lowest BCUT2D eigenvalue weighted by molar-refractivity contribution is 0.0660. The average Bonchev–Trinajstić information content (AvgIpc) is 2.70. The van der Waals surface area contributed by atoms with Gasteiger partial charge in [0, 0.05) is 12.0 Å². The maximum absolute atomic E-state index is 10.8. The zero-order valence-corrected chi connectivity index (χ0v) is 9.45. The highest BCUT2D eigenvalue weighted by atomic mass is 16.4. The van der Waals surface area contributed by atoms with E-state index in [1.807, 2.05) is 0 Å². The number of hydrogen-bond acceptors (Lipinski definition) is 2. The van der Waals surface area contributed by atoms with Crippen LogP contribution < -0.4 is 0 Å². The molecule has 0 aromatic carbocycles. The van der Waals surface area contributed by atoms with Crippen LogP contribution in [0.2, 0.25) is 0 Å². The number of allylic oxidation sites excluding steroid dienone is 2. The van der Waals surface area contributed by atoms with Gasteiger partial charge in [0.05, 0.1) is 0 Å². The second-order valence-electron chi connectivity index (χ2n) is 4.12. The lowest BCUT2D eigenvalue weighted by Gasteiger charge is -2.13. The van der Waals surface area contributed by atoms with Gasteiger partial charge in [-0.2, -0.15) is 0 Å². The van der Waals surface area contributed by atoms with Gasteiger partial charge in [-0.05, 0) is 30.9 Å². The monoisotopic (exact) mass is 220 g/mol. The van der Waals surface area contributed by atoms with E-state index in [2.05, 4.69) is 13.0 Å². The van der Waals surface area contributed by atoms with Gasteiger partial charge in [0.15, 0.2) is 0 Å². The first kappa shape index (κ1) is 11.0. The Kier molecular flexibility index (Phi) is 3.13. The number of aryl methyl sites for hydroxylation is 1. The summed E-state index contributed by atoms with van der Waals surface area (Å²) in [5.74, 6) is -0.0791. The summed E-state index contributed by atoms with van der Waals surface area (Å²) in [6.45, 7) is 2.14. The first-order chi connectivity index (χ1) is 7.72. The molecule has 1 aromatic heterocycles. The van der Waals surface area contributed by atoms with E-state index in [4.69, 9.17) is 9.52 Å². The van der Waals surface area contributed by atoms with Crippen molar-refractivity contribution in [2.24, 2.45) is 0 Å². The first-order valence-corrected chi connectivity index (χ1v) is 5.77. The number of furan rings is 1. The van der Waals surface area contributed by atoms with Crippen LogP contribution in [0.5, 0.6) is 0 Å². The van der Waals surface area contributed by atoms with Crippen molar-refractivity contribution in [2.75, 3.05) is 0 Å². The van der Waals surface area contributed by atoms with E-state index < -0.39 is 5.97 Å². The van der Waals surface area contributed by atoms with Gasteiger partial charge >= 0.3 is 5.97 Å². The van der Waals surface area contributed by atoms with Crippen LogP contribution in [0.25, 0.3) is 5.57 Å². The molecule has 1 N–H and O–H groups in total. The van der Waals surface area contributed by atoms with Gasteiger partial charge in [0.25, 0.3) is 0 Å². The summed E-state index contributed by atoms with van der Waals surface area (Å²) in [5.41, 5.74) is 2.26. The van der Waals surface area contributed by atoms with Crippen LogP contribution in [-0.2, 0) is 6.42 Å². The number of unbranched alkanes of at least 4 members (excludes halogenated alkanes) is 1. The van der Waals surface area contributed by atoms with Crippen molar-refractivity contribution in [1.82, 2.24) is 0 Å². The van der Waals surface area contributed by atoms with Crippen molar-refractivity contribution in [3.05, 3.63) is 29.2 Å². The predicted octanol–water partition coefficient (Wildman–Crippen LogP) is 3.50. The van der Waals surface area contributed by atoms with Crippen molar-refractivity contribution in [3.63, 3.8) is 0 Å². The Morgan fingerprint density at radius 2 is 2.38 bits per heavy atom. The van der Waals surface area contributed by atoms with Crippen LogP contribution in [0.3, 0.4) is 0 Å². The molecular formula is C13H16O3. The third-order valence-electron chi connectivity index (χ3n) is 2.90. The van der Waals surface area contributed by atoms with E-state index in [0.717, 1.165) is 43.4 Å². The van der Waals surface area contributed by atoms with E-state index >= 15 is 0 Å². The maximum Gasteiger partial charge on any atom is 0.371 e. The van der Waals surface area contributed by atoms with Crippen molar-refractivity contribution in [2.45, 2.75) is 39.0 Å². The molecule has 0 bridgehead atoms. The number of fused-ring (bicyclic) bond motifs is 1. The van der Waals surface area contributed by atoms with Gasteiger partial charge in [-0.1, -0.05) is 19.4 Å². The van der Waals surface area contributed by atoms with Crippen LogP contribution in [0.15, 0.2) is 16.6 Å². The summed E-state index contributed by atoms with van der Waals surface area (Å²) in [6.07, 6.45) is 7.30. The Balaban J connectivity index is 2.34. The Morgan fingerprint density at radius 3 is 3.06 bits per heavy atom. The second-order valence-corrected chi connectivity index (χ2v) is 4.12. The summed E-state index contributed by atoms with van der Waals surface area (Å²) in [6, 6.07) is 1.66. The fraction of sp³-hybridized carbons (Fsp3) is 0.462. The summed E-state index contributed by atoms with van der Waals surface area (Å²) in [5, 5.41) is 8.88. The predicted molar refractivity (Wildman–Crippen MR) is 61.5 cm³/mol. The molecule has 1 aliphatic rings. The highest BCUT2D eigenvalue weighted by Gasteiger charge is 2.21. The highest BCUT2D eigenvalue weighted by Crippen LogP contribution is 2.33. The molecule has 16 heavy (non-hydrogen) atoms. The first-order valence-electron chi connectivity index (χ1n) is 5.77. The Bertz CT molecular complexity index is 426. The molecule has 0 spiro atoms. The van der Waals surface area contributed by atoms with Crippen LogP contribution in [0.1, 0.15) is 54.5 Å². The van der Waals surface area contributed by atoms with Crippen molar-refractivity contribution < 1.29 is 14.3 Å². The molecule has 0 radical (unpaired) electrons. The SMILES string of the molecule is CCC/C=C1\CCCc2oc(C(=O)O)cc21. The molecule has 86 valence electrons. The molecule has 0 aliphatic heterocycles. The topological polar surface area (TPSA) is 50.4 Å². The van der Waals surface area contributed by atoms with E-state index in [1.54, 1.807) is 6.07 Å². The summed E-state index contributed by atoms with van der Waals surface area (Å²) in [4.78, 5) is 10.8. The minimum atomic E-state index is -0.982. The standard InChI is InChI=1S/C13H16O3/c1-2-3-5-9-6-4-7-11-10(9)8-12(16-11)13(14)15/h5,8H,2-4,6-7H2,1H3,(H,14,15)/b9-5+. The number of carbonyl (C=O) groups is 1. The van der Waals surface area contributed by atoms with Crippen LogP contribution >= 0.6 is 0 Å². The van der Waals surface area contributed by atoms with Crippen molar-refractivity contribution in [3.8, 4) is 0 Å². The van der Waals surface area contributed by atoms with Crippen molar-refractivity contribution >= 4 is 11.5 Å². The number of rotatable bonds is 3. The number of carboxylic acid groups (broad SMARTS) is 1. The molecule has 1 aliphatic carbocycles. The Labute approximate surface area is 94.8 Å². The zero-order chi connectivity index (χ0) is 11.5. The largest absolute Gasteiger partial charge is 0.475 e. The third-order valence-corrected chi connectivity index (χ3v) is 2.90. The van der Waals surface area contributed by atoms with E-state index in [1.165, 1.54) is 5.57 Å². The third kappa shape index (κ3) is 2.03. The normalized spacial score (nSPS) is 17.4. The number of hydrogen-bond donors (Lipinski definition) is 1. The van der Waals surface area contributed by atoms with Crippen molar-refractivity contribution in [1.29, 1.82) is 0 Å². The Morgan fingerprint density at radius 1 is 1.56 bits per heavy atom. The molecule has 0 saturated heterocycles. The lowest BCUT2D eigenvalue weighted by Crippen LogP contribution is -1.97. The van der Waals surface area contributed by atoms with Crippen LogP contribution in [0.4, 0.5) is 0 Å². The number of aromatic carboxylic acids is 1. The van der Waals surface area contributed by atoms with Crippen LogP contribution in [0, 0.1) is 0 Å². The molecule has 0 fully saturated rings. The Hall–Kier alpha value is -1.51. The average molecular weight is 220 g/mol. The van der Waals surface area contributed by atoms with Crippen LogP contribution in [-0.4, -0.2) is 11.1 Å². The second kappa shape index (κ2) is 4.56. The fourth-order valence-corrected chi connectivity index (χ4v) is 2.10. The highest BCUT2D eigenvalue weighted by molar-refractivity contribution is 5.86. The van der Waals surface area contributed by atoms with Gasteiger partial charge in [0.1, 0.15) is 5.76 Å². The van der Waals surface area contributed by atoms with E-state index in [-0.39, 0.29) is 5.76 Å². The molecule has 3 heteroatoms. The molecule has 0 atom stereocenters. The fourth-order valence-electron chi connectivity index (χ4n) is 2.10. The molecule has 0 saturated carbocycles. The van der Waals surface area contributed by atoms with E-state index in [9.17, 15) is 4.79 Å². The minimum Gasteiger partial charge on any atom is -0.475 e. The van der Waals surface area contributed by atoms with Gasteiger partial charge in [-0.15, -0.1) is 0 Å². The van der Waals surface area contributed by atoms with Gasteiger partial charge < -0.3 is 9.52 Å². The molecule has 0 amide bonds. The molecule has 0 unspecified atom stereocenters. The summed E-state index contributed by atoms with van der Waals surface area (Å²) >= 11 is 0. The quantitative estimate of drug-likeness (QED) is 0.848. The summed E-state index contributed by atoms with van der Waals surface area (Å²) < 4.78 is 5.34. The van der Waals surface area contributed by atoms with Gasteiger partial charge in [-0.3, -0.25) is 0 Å². The number of carboxylic acids is 1. The van der Waals surface area contributed by atoms with Gasteiger partial charge in [0.2, 0.25) is 5.76 Å². The van der Waals surface area contributed by atoms with E-state index in [0.29, 0.717) is 0 Å². The summed E-state index contributed by atoms with van der Waals surface area (Å²) in [7, 11) is 0. The molecule has 1 heterocycles. The molecular weight excluding hydrogens is 204 g/mol. The molecule has 2 rings (SSSR count).